The molecular weight excluding hydrogens is 809 g/mol. The first-order valence-corrected chi connectivity index (χ1v) is 23.1. The van der Waals surface area contributed by atoms with Gasteiger partial charge in [-0.25, -0.2) is 0 Å². The third kappa shape index (κ3) is 4.74. The molecule has 5 heteroatoms. The lowest BCUT2D eigenvalue weighted by atomic mass is 10.1. The molecule has 0 saturated heterocycles. The summed E-state index contributed by atoms with van der Waals surface area (Å²) in [5.41, 5.74) is 14.3. The van der Waals surface area contributed by atoms with Gasteiger partial charge in [-0.15, -0.1) is 11.3 Å². The summed E-state index contributed by atoms with van der Waals surface area (Å²) < 4.78 is 12.5. The minimum Gasteiger partial charge on any atom is -0.309 e. The van der Waals surface area contributed by atoms with Crippen LogP contribution >= 0.6 is 11.3 Å². The number of hydrogen-bond donors (Lipinski definition) is 0. The molecule has 0 atom stereocenters. The van der Waals surface area contributed by atoms with Crippen molar-refractivity contribution in [1.29, 1.82) is 0 Å². The van der Waals surface area contributed by atoms with E-state index in [0.29, 0.717) is 0 Å². The zero-order valence-corrected chi connectivity index (χ0v) is 35.8. The number of hydrogen-bond acceptors (Lipinski definition) is 1. The summed E-state index contributed by atoms with van der Waals surface area (Å²) >= 11 is 1.87. The Morgan fingerprint density at radius 3 is 1.14 bits per heavy atom. The lowest BCUT2D eigenvalue weighted by Crippen LogP contribution is -1.98. The topological polar surface area (TPSA) is 19.7 Å². The van der Waals surface area contributed by atoms with Gasteiger partial charge in [0.05, 0.1) is 44.1 Å². The second kappa shape index (κ2) is 13.1. The Labute approximate surface area is 376 Å². The van der Waals surface area contributed by atoms with Crippen molar-refractivity contribution < 1.29 is 0 Å². The zero-order valence-electron chi connectivity index (χ0n) is 35.0. The van der Waals surface area contributed by atoms with Gasteiger partial charge in [0.1, 0.15) is 0 Å². The van der Waals surface area contributed by atoms with Crippen LogP contribution in [0, 0.1) is 0 Å². The van der Waals surface area contributed by atoms with Crippen molar-refractivity contribution in [2.24, 2.45) is 0 Å². The first kappa shape index (κ1) is 35.1. The molecule has 0 aliphatic rings. The molecule has 15 rings (SSSR count). The van der Waals surface area contributed by atoms with Gasteiger partial charge in [-0.3, -0.25) is 0 Å². The van der Waals surface area contributed by atoms with E-state index in [1.807, 2.05) is 11.3 Å². The van der Waals surface area contributed by atoms with Gasteiger partial charge < -0.3 is 18.3 Å². The van der Waals surface area contributed by atoms with E-state index in [1.165, 1.54) is 107 Å². The summed E-state index contributed by atoms with van der Waals surface area (Å²) in [6.07, 6.45) is 0. The molecule has 302 valence electrons. The largest absolute Gasteiger partial charge is 0.309 e. The molecule has 0 aliphatic heterocycles. The number of para-hydroxylation sites is 6. The fraction of sp³-hybridized carbons (Fsp3) is 0. The lowest BCUT2D eigenvalue weighted by molar-refractivity contribution is 1.15. The van der Waals surface area contributed by atoms with Crippen LogP contribution in [0.25, 0.3) is 130 Å². The van der Waals surface area contributed by atoms with E-state index in [4.69, 9.17) is 0 Å². The van der Waals surface area contributed by atoms with Gasteiger partial charge in [0.2, 0.25) is 0 Å². The van der Waals surface area contributed by atoms with Crippen LogP contribution in [-0.4, -0.2) is 18.3 Å². The van der Waals surface area contributed by atoms with Crippen molar-refractivity contribution in [3.05, 3.63) is 218 Å². The quantitative estimate of drug-likeness (QED) is 0.168. The van der Waals surface area contributed by atoms with Crippen LogP contribution in [0.5, 0.6) is 0 Å². The molecule has 5 aromatic heterocycles. The molecule has 10 aromatic carbocycles. The maximum Gasteiger partial charge on any atom is 0.0788 e. The van der Waals surface area contributed by atoms with Crippen molar-refractivity contribution in [3.63, 3.8) is 0 Å². The summed E-state index contributed by atoms with van der Waals surface area (Å²) in [6.45, 7) is 0. The van der Waals surface area contributed by atoms with E-state index in [1.54, 1.807) is 0 Å². The molecule has 65 heavy (non-hydrogen) atoms. The molecule has 0 N–H and O–H groups in total. The third-order valence-electron chi connectivity index (χ3n) is 13.9. The van der Waals surface area contributed by atoms with Gasteiger partial charge >= 0.3 is 0 Å². The van der Waals surface area contributed by atoms with Gasteiger partial charge in [0.25, 0.3) is 0 Å². The van der Waals surface area contributed by atoms with Crippen LogP contribution in [0.2, 0.25) is 0 Å². The highest BCUT2D eigenvalue weighted by Gasteiger charge is 2.24. The van der Waals surface area contributed by atoms with Crippen molar-refractivity contribution in [2.45, 2.75) is 0 Å². The molecule has 0 radical (unpaired) electrons. The minimum absolute atomic E-state index is 1.15. The molecule has 0 spiro atoms. The first-order valence-electron chi connectivity index (χ1n) is 22.3. The van der Waals surface area contributed by atoms with Crippen LogP contribution < -0.4 is 0 Å². The average Bonchev–Trinajstić information content (AvgIpc) is 4.17. The molecule has 0 amide bonds. The number of rotatable bonds is 4. The second-order valence-electron chi connectivity index (χ2n) is 17.3. The minimum atomic E-state index is 1.15. The Bertz CT molecular complexity index is 4460. The number of thiophene rings is 1. The summed E-state index contributed by atoms with van der Waals surface area (Å²) in [5.74, 6) is 0. The number of aromatic nitrogens is 4. The highest BCUT2D eigenvalue weighted by Crippen LogP contribution is 2.46. The van der Waals surface area contributed by atoms with E-state index >= 15 is 0 Å². The van der Waals surface area contributed by atoms with Crippen molar-refractivity contribution in [1.82, 2.24) is 18.3 Å². The molecule has 0 saturated carbocycles. The van der Waals surface area contributed by atoms with Gasteiger partial charge in [-0.1, -0.05) is 127 Å². The standard InChI is InChI=1S/C60H36N4S/c1-3-15-37(16-4-1)61-53-26-14-10-22-47(53)57-54(61)32-31-44-41-19-7-12-24-51(41)63(58(44)57)39-27-33-55-48(35-39)49-36-40(28-34-56(49)65-55)64-52-25-13-9-21-43(52)46-30-29-45-42-20-8-11-23-50(42)62(59(45)60(46)64)38-17-5-2-6-18-38/h1-36H. The van der Waals surface area contributed by atoms with Gasteiger partial charge in [-0.2, -0.15) is 0 Å². The second-order valence-corrected chi connectivity index (χ2v) is 18.3. The van der Waals surface area contributed by atoms with Crippen LogP contribution in [-0.2, 0) is 0 Å². The molecule has 0 aliphatic carbocycles. The van der Waals surface area contributed by atoms with Crippen LogP contribution in [0.4, 0.5) is 0 Å². The highest BCUT2D eigenvalue weighted by molar-refractivity contribution is 7.25. The molecule has 0 bridgehead atoms. The molecule has 0 fully saturated rings. The average molecular weight is 845 g/mol. The summed E-state index contributed by atoms with van der Waals surface area (Å²) in [6, 6.07) is 80.6. The Kier molecular flexibility index (Phi) is 7.07. The van der Waals surface area contributed by atoms with Gasteiger partial charge in [0.15, 0.2) is 0 Å². The maximum absolute atomic E-state index is 2.52. The molecule has 5 heterocycles. The third-order valence-corrected chi connectivity index (χ3v) is 15.1. The Morgan fingerprint density at radius 2 is 0.615 bits per heavy atom. The Hall–Kier alpha value is -8.38. The van der Waals surface area contributed by atoms with E-state index in [2.05, 4.69) is 237 Å². The van der Waals surface area contributed by atoms with Crippen molar-refractivity contribution in [3.8, 4) is 22.7 Å². The zero-order chi connectivity index (χ0) is 42.3. The van der Waals surface area contributed by atoms with Crippen LogP contribution in [0.1, 0.15) is 0 Å². The van der Waals surface area contributed by atoms with Crippen LogP contribution in [0.15, 0.2) is 218 Å². The summed E-state index contributed by atoms with van der Waals surface area (Å²) in [5, 5.41) is 12.5. The monoisotopic (exact) mass is 844 g/mol. The SMILES string of the molecule is c1ccc(-n2c3ccccc3c3c2ccc2c4ccccc4n(-c4ccc5sc6ccc(-n7c8ccccc8c8ccc9c%10ccccc%10n(-c%10ccccc%10)c9c87)cc6c5c4)c23)cc1. The van der Waals surface area contributed by atoms with Gasteiger partial charge in [0, 0.05) is 86.0 Å². The van der Waals surface area contributed by atoms with E-state index in [9.17, 15) is 0 Å². The van der Waals surface area contributed by atoms with Crippen molar-refractivity contribution in [2.75, 3.05) is 0 Å². The fourth-order valence-electron chi connectivity index (χ4n) is 11.3. The number of benzene rings is 10. The highest BCUT2D eigenvalue weighted by atomic mass is 32.1. The fourth-order valence-corrected chi connectivity index (χ4v) is 12.3. The van der Waals surface area contributed by atoms with E-state index < -0.39 is 0 Å². The number of nitrogens with zero attached hydrogens (tertiary/aromatic N) is 4. The first-order chi connectivity index (χ1) is 32.3. The molecule has 4 nitrogen and oxygen atoms in total. The van der Waals surface area contributed by atoms with Gasteiger partial charge in [-0.05, 0) is 91.0 Å². The molecule has 15 aromatic rings. The predicted molar refractivity (Wildman–Crippen MR) is 277 cm³/mol. The van der Waals surface area contributed by atoms with Crippen molar-refractivity contribution >= 4 is 119 Å². The van der Waals surface area contributed by atoms with E-state index in [-0.39, 0.29) is 0 Å². The summed E-state index contributed by atoms with van der Waals surface area (Å²) in [4.78, 5) is 0. The lowest BCUT2D eigenvalue weighted by Gasteiger charge is -2.13. The molecule has 0 unspecified atom stereocenters. The normalized spacial score (nSPS) is 12.3. The summed E-state index contributed by atoms with van der Waals surface area (Å²) in [7, 11) is 0. The maximum atomic E-state index is 2.52. The van der Waals surface area contributed by atoms with E-state index in [0.717, 1.165) is 22.7 Å². The Balaban J connectivity index is 1.02. The Morgan fingerprint density at radius 1 is 0.231 bits per heavy atom. The smallest absolute Gasteiger partial charge is 0.0788 e. The predicted octanol–water partition coefficient (Wildman–Crippen LogP) is 16.4. The number of fused-ring (bicyclic) bond motifs is 17. The molecular formula is C60H36N4S. The van der Waals surface area contributed by atoms with Crippen LogP contribution in [0.3, 0.4) is 0 Å².